The summed E-state index contributed by atoms with van der Waals surface area (Å²) in [7, 11) is 0. The molecule has 0 saturated carbocycles. The molecular weight excluding hydrogens is 518 g/mol. The first-order chi connectivity index (χ1) is 16.9. The van der Waals surface area contributed by atoms with Crippen LogP contribution < -0.4 is 0 Å². The van der Waals surface area contributed by atoms with E-state index in [0.29, 0.717) is 59.1 Å². The van der Waals surface area contributed by atoms with Crippen molar-refractivity contribution in [3.8, 4) is 0 Å². The van der Waals surface area contributed by atoms with Crippen LogP contribution in [0.4, 0.5) is 13.2 Å². The van der Waals surface area contributed by atoms with E-state index in [1.165, 1.54) is 4.40 Å². The summed E-state index contributed by atoms with van der Waals surface area (Å²) in [5.74, 6) is -1.09. The monoisotopic (exact) mass is 541 g/mol. The molecule has 0 atom stereocenters. The molecule has 1 saturated heterocycles. The normalized spacial score (nSPS) is 15.0. The van der Waals surface area contributed by atoms with Crippen molar-refractivity contribution >= 4 is 40.7 Å². The van der Waals surface area contributed by atoms with Gasteiger partial charge in [0.1, 0.15) is 5.65 Å². The molecule has 0 aliphatic carbocycles. The number of pyridine rings is 1. The van der Waals surface area contributed by atoms with Gasteiger partial charge in [0.05, 0.1) is 21.8 Å². The Morgan fingerprint density at radius 2 is 1.83 bits per heavy atom. The Morgan fingerprint density at radius 1 is 1.17 bits per heavy atom. The molecule has 1 aromatic carbocycles. The summed E-state index contributed by atoms with van der Waals surface area (Å²) in [4.78, 5) is 30.4. The first-order valence-corrected chi connectivity index (χ1v) is 12.2. The largest absolute Gasteiger partial charge is 0.481 e. The molecule has 4 rings (SSSR count). The molecule has 2 aromatic heterocycles. The van der Waals surface area contributed by atoms with Crippen LogP contribution in [-0.4, -0.2) is 44.4 Å². The maximum Gasteiger partial charge on any atom is 0.417 e. The van der Waals surface area contributed by atoms with Crippen molar-refractivity contribution in [1.29, 1.82) is 0 Å². The van der Waals surface area contributed by atoms with Gasteiger partial charge in [-0.3, -0.25) is 9.59 Å². The second-order valence-corrected chi connectivity index (χ2v) is 9.93. The molecule has 192 valence electrons. The molecule has 0 bridgehead atoms. The number of benzene rings is 1. The molecule has 1 amide bonds. The first-order valence-electron chi connectivity index (χ1n) is 11.4. The molecule has 36 heavy (non-hydrogen) atoms. The summed E-state index contributed by atoms with van der Waals surface area (Å²) in [5.41, 5.74) is 1.76. The highest BCUT2D eigenvalue weighted by atomic mass is 35.5. The Balaban J connectivity index is 1.62. The fraction of sp³-hybridized carbons (Fsp3) is 0.400. The van der Waals surface area contributed by atoms with Crippen LogP contribution in [0, 0.1) is 19.8 Å². The van der Waals surface area contributed by atoms with Gasteiger partial charge in [0, 0.05) is 42.8 Å². The van der Waals surface area contributed by atoms with Crippen molar-refractivity contribution in [2.24, 2.45) is 5.92 Å². The number of carboxylic acids is 1. The lowest BCUT2D eigenvalue weighted by molar-refractivity contribution is -0.139. The Bertz CT molecular complexity index is 1350. The van der Waals surface area contributed by atoms with Crippen LogP contribution in [0.3, 0.4) is 0 Å². The van der Waals surface area contributed by atoms with Crippen LogP contribution in [0.15, 0.2) is 24.4 Å². The first kappa shape index (κ1) is 26.3. The number of rotatable bonds is 5. The number of fused-ring (bicyclic) bond motifs is 1. The molecular formula is C25H24Cl2F3N3O3. The highest BCUT2D eigenvalue weighted by molar-refractivity contribution is 6.38. The summed E-state index contributed by atoms with van der Waals surface area (Å²) >= 11 is 13.1. The number of halogens is 5. The number of aryl methyl sites for hydroxylation is 2. The summed E-state index contributed by atoms with van der Waals surface area (Å²) < 4.78 is 41.3. The lowest BCUT2D eigenvalue weighted by Gasteiger charge is -2.31. The zero-order valence-corrected chi connectivity index (χ0v) is 21.1. The molecule has 1 aliphatic rings. The summed E-state index contributed by atoms with van der Waals surface area (Å²) in [6, 6.07) is 4.19. The summed E-state index contributed by atoms with van der Waals surface area (Å²) in [6.45, 7) is 4.10. The van der Waals surface area contributed by atoms with Crippen LogP contribution in [0.1, 0.15) is 57.7 Å². The van der Waals surface area contributed by atoms with Crippen LogP contribution in [0.25, 0.3) is 5.65 Å². The van der Waals surface area contributed by atoms with Crippen molar-refractivity contribution in [3.05, 3.63) is 68.1 Å². The molecule has 3 aromatic rings. The number of likely N-dealkylation sites (tertiary alicyclic amines) is 1. The molecule has 0 unspecified atom stereocenters. The zero-order chi connectivity index (χ0) is 26.4. The quantitative estimate of drug-likeness (QED) is 0.417. The molecule has 6 nitrogen and oxygen atoms in total. The topological polar surface area (TPSA) is 74.9 Å². The van der Waals surface area contributed by atoms with Gasteiger partial charge in [-0.25, -0.2) is 4.98 Å². The number of imidazole rings is 1. The smallest absolute Gasteiger partial charge is 0.417 e. The molecule has 3 heterocycles. The van der Waals surface area contributed by atoms with Gasteiger partial charge < -0.3 is 14.4 Å². The van der Waals surface area contributed by atoms with Gasteiger partial charge in [-0.2, -0.15) is 13.2 Å². The average molecular weight is 542 g/mol. The Morgan fingerprint density at radius 3 is 2.44 bits per heavy atom. The van der Waals surface area contributed by atoms with Crippen molar-refractivity contribution in [2.45, 2.75) is 45.7 Å². The fourth-order valence-electron chi connectivity index (χ4n) is 4.64. The maximum absolute atomic E-state index is 13.3. The number of carboxylic acid groups (broad SMARTS) is 1. The third kappa shape index (κ3) is 5.18. The highest BCUT2D eigenvalue weighted by Crippen LogP contribution is 2.34. The van der Waals surface area contributed by atoms with Gasteiger partial charge in [0.15, 0.2) is 0 Å². The highest BCUT2D eigenvalue weighted by Gasteiger charge is 2.32. The SMILES string of the molecule is Cc1cc(C(F)(F)F)cn2c(C)c(Cc3c(Cl)ccc(C(=O)N4CCC(CC(=O)O)CC4)c3Cl)nc12. The Labute approximate surface area is 215 Å². The van der Waals surface area contributed by atoms with E-state index in [-0.39, 0.29) is 35.3 Å². The Hall–Kier alpha value is -2.78. The van der Waals surface area contributed by atoms with Gasteiger partial charge in [-0.05, 0) is 61.9 Å². The van der Waals surface area contributed by atoms with Gasteiger partial charge in [0.2, 0.25) is 0 Å². The van der Waals surface area contributed by atoms with Crippen molar-refractivity contribution in [2.75, 3.05) is 13.1 Å². The third-order valence-corrected chi connectivity index (χ3v) is 7.48. The maximum atomic E-state index is 13.3. The molecule has 0 spiro atoms. The van der Waals surface area contributed by atoms with E-state index >= 15 is 0 Å². The minimum atomic E-state index is -4.49. The van der Waals surface area contributed by atoms with E-state index in [2.05, 4.69) is 4.98 Å². The van der Waals surface area contributed by atoms with E-state index in [1.807, 2.05) is 0 Å². The number of amides is 1. The predicted octanol–water partition coefficient (Wildman–Crippen LogP) is 6.19. The molecule has 1 aliphatic heterocycles. The molecule has 1 N–H and O–H groups in total. The summed E-state index contributed by atoms with van der Waals surface area (Å²) in [5, 5.41) is 9.49. The number of carbonyl (C=O) groups is 2. The lowest BCUT2D eigenvalue weighted by atomic mass is 9.93. The van der Waals surface area contributed by atoms with Crippen LogP contribution >= 0.6 is 23.2 Å². The Kier molecular flexibility index (Phi) is 7.26. The standard InChI is InChI=1S/C25H24Cl2F3N3O3/c1-13-9-16(25(28,29)30)12-33-14(2)20(31-23(13)33)11-18-19(26)4-3-17(22(18)27)24(36)32-7-5-15(6-8-32)10-21(34)35/h3-4,9,12,15H,5-8,10-11H2,1-2H3,(H,34,35). The number of aliphatic carboxylic acids is 1. The number of piperidine rings is 1. The van der Waals surface area contributed by atoms with Crippen molar-refractivity contribution in [3.63, 3.8) is 0 Å². The number of alkyl halides is 3. The second-order valence-electron chi connectivity index (χ2n) is 9.14. The lowest BCUT2D eigenvalue weighted by Crippen LogP contribution is -2.39. The predicted molar refractivity (Wildman–Crippen MR) is 130 cm³/mol. The van der Waals surface area contributed by atoms with Gasteiger partial charge in [-0.1, -0.05) is 23.2 Å². The van der Waals surface area contributed by atoms with E-state index < -0.39 is 17.7 Å². The third-order valence-electron chi connectivity index (χ3n) is 6.69. The van der Waals surface area contributed by atoms with Crippen molar-refractivity contribution < 1.29 is 27.9 Å². The van der Waals surface area contributed by atoms with Crippen LogP contribution in [0.5, 0.6) is 0 Å². The van der Waals surface area contributed by atoms with Crippen molar-refractivity contribution in [1.82, 2.24) is 14.3 Å². The van der Waals surface area contributed by atoms with E-state index in [4.69, 9.17) is 28.3 Å². The number of hydrogen-bond donors (Lipinski definition) is 1. The van der Waals surface area contributed by atoms with Crippen LogP contribution in [0.2, 0.25) is 10.0 Å². The fourth-order valence-corrected chi connectivity index (χ4v) is 5.23. The van der Waals surface area contributed by atoms with Gasteiger partial charge in [-0.15, -0.1) is 0 Å². The minimum absolute atomic E-state index is 0.0298. The number of aromatic nitrogens is 2. The summed E-state index contributed by atoms with van der Waals surface area (Å²) in [6.07, 6.45) is -2.07. The number of carbonyl (C=O) groups excluding carboxylic acids is 1. The van der Waals surface area contributed by atoms with Gasteiger partial charge >= 0.3 is 12.1 Å². The minimum Gasteiger partial charge on any atom is -0.481 e. The molecule has 1 fully saturated rings. The number of nitrogens with zero attached hydrogens (tertiary/aromatic N) is 3. The van der Waals surface area contributed by atoms with E-state index in [0.717, 1.165) is 12.3 Å². The van der Waals surface area contributed by atoms with E-state index in [1.54, 1.807) is 30.9 Å². The average Bonchev–Trinajstić information content (AvgIpc) is 3.12. The molecule has 11 heteroatoms. The number of hydrogen-bond acceptors (Lipinski definition) is 3. The molecule has 0 radical (unpaired) electrons. The second kappa shape index (κ2) is 9.94. The zero-order valence-electron chi connectivity index (χ0n) is 19.6. The van der Waals surface area contributed by atoms with Gasteiger partial charge in [0.25, 0.3) is 5.91 Å². The van der Waals surface area contributed by atoms with Crippen LogP contribution in [-0.2, 0) is 17.4 Å². The van der Waals surface area contributed by atoms with E-state index in [9.17, 15) is 22.8 Å².